The molecule has 1 unspecified atom stereocenters. The van der Waals surface area contributed by atoms with Gasteiger partial charge >= 0.3 is 11.9 Å². The van der Waals surface area contributed by atoms with Gasteiger partial charge in [-0.1, -0.05) is 110 Å². The van der Waals surface area contributed by atoms with Crippen molar-refractivity contribution >= 4 is 139 Å². The highest BCUT2D eigenvalue weighted by Gasteiger charge is 2.40. The number of phenols is 1. The first kappa shape index (κ1) is 103. The van der Waals surface area contributed by atoms with E-state index in [1.54, 1.807) is 68.4 Å². The van der Waals surface area contributed by atoms with Crippen LogP contribution >= 0.6 is 21.6 Å². The van der Waals surface area contributed by atoms with Crippen molar-refractivity contribution in [3.8, 4) is 5.75 Å². The number of hydrogen-bond acceptors (Lipinski definition) is 25. The number of nitrogens with zero attached hydrogens (tertiary/aromatic N) is 1. The summed E-state index contributed by atoms with van der Waals surface area (Å²) >= 11 is 0. The predicted molar refractivity (Wildman–Crippen MR) is 463 cm³/mol. The van der Waals surface area contributed by atoms with Gasteiger partial charge in [-0.25, -0.2) is 4.98 Å². The second-order valence-electron chi connectivity index (χ2n) is 31.2. The molecule has 1 fully saturated rings. The second kappa shape index (κ2) is 51.6. The number of imidazole rings is 1. The Morgan fingerprint density at radius 3 is 1.78 bits per heavy atom. The number of carboxylic acid groups (broad SMARTS) is 2. The molecule has 1 aliphatic heterocycles. The van der Waals surface area contributed by atoms with E-state index in [2.05, 4.69) is 94.7 Å². The molecule has 45 heteroatoms. The van der Waals surface area contributed by atoms with Gasteiger partial charge < -0.3 is 127 Å². The number of carbonyl (C=O) groups excluding carboxylic acids is 16. The standard InChI is InChI=1S/C82H115N21O22S2/c1-41(2)29-56-78(121)102-67(42(3)4)81(124)99-59(32-48-35-87-52-18-12-11-17-51(48)52)75(118)101-63(80(123)103-68(44(6)104)82(125)98-58(30-46-15-9-8-10-16-46)73(116)93-53(26-28-84)69(85)112)39-127-126-38-62(100-77(120)61(34-66(110)111)91-45(7)105)79(122)90-43(5)70(113)95-57(31-47-20-22-50(106)23-21-47)74(117)97-60(33-49-36-86-40-89-49)76(119)94-54(19-13-14-27-83)71(114)88-37-64(107)92-55(72(115)96-56)24-25-65(108)109/h8-12,15-18,20-23,35-36,40-44,53-63,67-68,87,104,106H,13-14,19,24-34,37-39,83-84H2,1-7H3,(H2,85,112)(H,86,89)(H,88,114)(H,90,122)(H,91,105)(H,92,107)(H,93,116)(H,94,119)(H,95,113)(H,96,115)(H,97,117)(H,98,125)(H,99,124)(H,100,120)(H,101,118)(H,102,121)(H,103,123)(H,108,109)(H,110,111)/t43-,44+,53?,54-,55-,56-,57-,58-,59-,60-,61-,62-,63-,67-,68-/m0/s1. The van der Waals surface area contributed by atoms with Crippen LogP contribution in [-0.4, -0.2) is 264 Å². The van der Waals surface area contributed by atoms with Crippen LogP contribution in [-0.2, 0) is 112 Å². The highest BCUT2D eigenvalue weighted by Crippen LogP contribution is 2.26. The molecule has 127 heavy (non-hydrogen) atoms. The average Bonchev–Trinajstić information content (AvgIpc) is 1.72. The van der Waals surface area contributed by atoms with Gasteiger partial charge in [0.1, 0.15) is 90.3 Å². The molecule has 3 aromatic carbocycles. The Morgan fingerprint density at radius 1 is 0.559 bits per heavy atom. The Balaban J connectivity index is 1.51. The number of benzene rings is 3. The third-order valence-corrected chi connectivity index (χ3v) is 22.4. The molecule has 5 aromatic rings. The molecule has 3 heterocycles. The summed E-state index contributed by atoms with van der Waals surface area (Å²) < 4.78 is 0. The van der Waals surface area contributed by atoms with Crippen molar-refractivity contribution in [2.24, 2.45) is 29.0 Å². The highest BCUT2D eigenvalue weighted by molar-refractivity contribution is 8.76. The molecule has 692 valence electrons. The largest absolute Gasteiger partial charge is 0.508 e. The molecule has 0 saturated carbocycles. The molecule has 0 radical (unpaired) electrons. The zero-order valence-corrected chi connectivity index (χ0v) is 72.8. The van der Waals surface area contributed by atoms with Gasteiger partial charge in [-0.15, -0.1) is 0 Å². The maximum atomic E-state index is 15.6. The van der Waals surface area contributed by atoms with E-state index < -0.39 is 246 Å². The fourth-order valence-electron chi connectivity index (χ4n) is 13.2. The van der Waals surface area contributed by atoms with Crippen LogP contribution in [0.5, 0.6) is 5.75 Å². The molecule has 1 saturated heterocycles. The van der Waals surface area contributed by atoms with Gasteiger partial charge in [0.2, 0.25) is 94.5 Å². The van der Waals surface area contributed by atoms with E-state index in [1.165, 1.54) is 56.8 Å². The number of nitrogens with two attached hydrogens (primary N) is 3. The summed E-state index contributed by atoms with van der Waals surface area (Å²) in [6, 6.07) is -3.17. The number of aromatic nitrogens is 3. The quantitative estimate of drug-likeness (QED) is 0.0139. The molecule has 6 rings (SSSR count). The van der Waals surface area contributed by atoms with E-state index in [4.69, 9.17) is 17.2 Å². The number of aliphatic carboxylic acids is 2. The van der Waals surface area contributed by atoms with Gasteiger partial charge in [0.15, 0.2) is 0 Å². The van der Waals surface area contributed by atoms with E-state index in [0.29, 0.717) is 55.6 Å². The smallest absolute Gasteiger partial charge is 0.305 e. The lowest BCUT2D eigenvalue weighted by Gasteiger charge is -2.30. The zero-order valence-electron chi connectivity index (χ0n) is 71.2. The summed E-state index contributed by atoms with van der Waals surface area (Å²) in [7, 11) is 1.40. The minimum absolute atomic E-state index is 0.102. The fourth-order valence-corrected chi connectivity index (χ4v) is 15.5. The summed E-state index contributed by atoms with van der Waals surface area (Å²) in [5.74, 6) is -22.7. The van der Waals surface area contributed by atoms with Gasteiger partial charge in [-0.2, -0.15) is 0 Å². The number of amides is 16. The first-order valence-electron chi connectivity index (χ1n) is 41.1. The SMILES string of the molecule is CC(=O)N[C@@H](CC(=O)O)C(=O)N[C@H]1CSSC[C@@H](C(=O)N[C@H](C(=O)N[C@@H](Cc2ccccc2)C(=O)NC(CCN)C(N)=O)[C@@H](C)O)NC(=O)[C@H](Cc2c[nH]c3ccccc23)NC(=O)[C@H](C(C)C)NC(=O)[C@H](CC(C)C)NC(=O)[C@H](CCC(=O)O)NC(=O)CNC(=O)[C@H](CCCCN)NC(=O)[C@H](Cc2cnc[nH]2)NC(=O)[C@H](Cc2ccc(O)cc2)NC(=O)[C@H](C)NC1=O. The number of fused-ring (bicyclic) bond motifs is 1. The van der Waals surface area contributed by atoms with Crippen LogP contribution in [0, 0.1) is 11.8 Å². The first-order valence-corrected chi connectivity index (χ1v) is 43.6. The van der Waals surface area contributed by atoms with Crippen molar-refractivity contribution in [2.75, 3.05) is 31.1 Å². The topological polar surface area (TPSA) is 691 Å². The second-order valence-corrected chi connectivity index (χ2v) is 33.8. The van der Waals surface area contributed by atoms with Gasteiger partial charge in [0, 0.05) is 79.5 Å². The number of unbranched alkanes of at least 4 members (excludes halogenated alkanes) is 1. The first-order chi connectivity index (χ1) is 60.2. The fraction of sp³-hybridized carbons (Fsp3) is 0.500. The molecular weight excluding hydrogens is 1700 g/mol. The van der Waals surface area contributed by atoms with Crippen LogP contribution in [0.25, 0.3) is 10.9 Å². The molecule has 0 bridgehead atoms. The predicted octanol–water partition coefficient (Wildman–Crippen LogP) is -4.41. The Bertz CT molecular complexity index is 4620. The molecule has 0 spiro atoms. The third-order valence-electron chi connectivity index (χ3n) is 20.0. The van der Waals surface area contributed by atoms with E-state index >= 15 is 14.4 Å². The maximum absolute atomic E-state index is 15.6. The maximum Gasteiger partial charge on any atom is 0.305 e. The van der Waals surface area contributed by atoms with E-state index in [-0.39, 0.29) is 75.9 Å². The molecule has 0 aliphatic carbocycles. The molecular formula is C82H115N21O22S2. The van der Waals surface area contributed by atoms with E-state index in [9.17, 15) is 92.3 Å². The van der Waals surface area contributed by atoms with Gasteiger partial charge in [0.05, 0.1) is 25.4 Å². The molecule has 43 nitrogen and oxygen atoms in total. The van der Waals surface area contributed by atoms with E-state index in [0.717, 1.165) is 20.8 Å². The third kappa shape index (κ3) is 34.6. The van der Waals surface area contributed by atoms with Crippen LogP contribution < -0.4 is 97.0 Å². The lowest BCUT2D eigenvalue weighted by molar-refractivity contribution is -0.141. The molecule has 1 aliphatic rings. The summed E-state index contributed by atoms with van der Waals surface area (Å²) in [5, 5.41) is 79.6. The number of phenolic OH excluding ortho intramolecular Hbond substituents is 1. The van der Waals surface area contributed by atoms with Crippen molar-refractivity contribution in [2.45, 2.75) is 216 Å². The number of H-pyrrole nitrogens is 2. The minimum Gasteiger partial charge on any atom is -0.508 e. The summed E-state index contributed by atoms with van der Waals surface area (Å²) in [6.07, 6.45) is -1.24. The normalized spacial score (nSPS) is 21.6. The highest BCUT2D eigenvalue weighted by atomic mass is 33.1. The number of aromatic hydroxyl groups is 1. The minimum atomic E-state index is -2.01. The van der Waals surface area contributed by atoms with Crippen LogP contribution in [0.3, 0.4) is 0 Å². The zero-order chi connectivity index (χ0) is 93.7. The number of aliphatic hydroxyl groups is 1. The van der Waals surface area contributed by atoms with Gasteiger partial charge in [0.25, 0.3) is 0 Å². The molecule has 27 N–H and O–H groups in total. The monoisotopic (exact) mass is 1810 g/mol. The number of rotatable bonds is 33. The number of aromatic amines is 2. The van der Waals surface area contributed by atoms with Crippen LogP contribution in [0.1, 0.15) is 122 Å². The number of aliphatic hydroxyl groups excluding tert-OH is 1. The number of primary amides is 1. The molecule has 15 atom stereocenters. The molecule has 16 amide bonds. The van der Waals surface area contributed by atoms with Crippen molar-refractivity contribution in [3.05, 3.63) is 120 Å². The van der Waals surface area contributed by atoms with Crippen LogP contribution in [0.2, 0.25) is 0 Å². The van der Waals surface area contributed by atoms with Crippen molar-refractivity contribution in [3.63, 3.8) is 0 Å². The Hall–Kier alpha value is -12.8. The number of carboxylic acids is 2. The van der Waals surface area contributed by atoms with Crippen molar-refractivity contribution in [1.82, 2.24) is 94.7 Å². The lowest BCUT2D eigenvalue weighted by Crippen LogP contribution is -2.62. The Morgan fingerprint density at radius 2 is 1.16 bits per heavy atom. The number of para-hydroxylation sites is 1. The Labute approximate surface area is 738 Å². The van der Waals surface area contributed by atoms with Crippen molar-refractivity contribution < 1.29 is 107 Å². The number of hydrogen-bond donors (Lipinski definition) is 24. The summed E-state index contributed by atoms with van der Waals surface area (Å²) in [4.78, 5) is 265. The molecule has 2 aromatic heterocycles. The Kier molecular flexibility index (Phi) is 41.9. The van der Waals surface area contributed by atoms with Crippen molar-refractivity contribution in [1.29, 1.82) is 0 Å². The van der Waals surface area contributed by atoms with Gasteiger partial charge in [-0.3, -0.25) is 86.3 Å². The summed E-state index contributed by atoms with van der Waals surface area (Å²) in [6.45, 7) is 8.82. The number of carbonyl (C=O) groups is 18. The van der Waals surface area contributed by atoms with Crippen LogP contribution in [0.4, 0.5) is 0 Å². The van der Waals surface area contributed by atoms with Crippen LogP contribution in [0.15, 0.2) is 97.6 Å². The van der Waals surface area contributed by atoms with Gasteiger partial charge in [-0.05, 0) is 112 Å². The lowest BCUT2D eigenvalue weighted by atomic mass is 9.98. The average molecular weight is 1810 g/mol. The van der Waals surface area contributed by atoms with E-state index in [1.807, 2.05) is 0 Å². The summed E-state index contributed by atoms with van der Waals surface area (Å²) in [5.41, 5.74) is 19.2. The number of nitrogens with one attached hydrogen (secondary N) is 17.